The Hall–Kier alpha value is -3.20. The highest BCUT2D eigenvalue weighted by molar-refractivity contribution is 7.90. The summed E-state index contributed by atoms with van der Waals surface area (Å²) in [5.74, 6) is -1.28. The lowest BCUT2D eigenvalue weighted by atomic mass is 10.1. The number of nitrogens with one attached hydrogen (secondary N) is 2. The molecule has 0 unspecified atom stereocenters. The Labute approximate surface area is 169 Å². The van der Waals surface area contributed by atoms with Crippen molar-refractivity contribution in [3.63, 3.8) is 0 Å². The molecule has 3 rings (SSSR count). The van der Waals surface area contributed by atoms with Crippen LogP contribution in [0.1, 0.15) is 40.1 Å². The van der Waals surface area contributed by atoms with Gasteiger partial charge in [0.1, 0.15) is 10.9 Å². The van der Waals surface area contributed by atoms with Crippen LogP contribution >= 0.6 is 0 Å². The van der Waals surface area contributed by atoms with Crippen LogP contribution in [0.4, 0.5) is 0 Å². The lowest BCUT2D eigenvalue weighted by Crippen LogP contribution is -2.44. The molecule has 0 saturated carbocycles. The predicted octanol–water partition coefficient (Wildman–Crippen LogP) is 1.29. The maximum absolute atomic E-state index is 12.6. The summed E-state index contributed by atoms with van der Waals surface area (Å²) in [7, 11) is -3.89. The quantitative estimate of drug-likeness (QED) is 0.738. The number of hydrogen-bond donors (Lipinski definition) is 2. The standard InChI is InChI=1S/C20H21N3O5S/c1-3-21-18(24)13(2)22-19(25)15-10-8-14(9-11-15)12-23-20(26)16-6-4-5-7-17(16)29(23,27)28/h4-11,13H,3,12H2,1-2H3,(H,21,24)(H,22,25)/t13-/m1/s1. The summed E-state index contributed by atoms with van der Waals surface area (Å²) in [6.07, 6.45) is 0. The van der Waals surface area contributed by atoms with E-state index in [1.807, 2.05) is 0 Å². The van der Waals surface area contributed by atoms with E-state index in [0.717, 1.165) is 4.31 Å². The fourth-order valence-corrected chi connectivity index (χ4v) is 4.54. The first kappa shape index (κ1) is 20.5. The number of fused-ring (bicyclic) bond motifs is 1. The van der Waals surface area contributed by atoms with E-state index < -0.39 is 27.9 Å². The Morgan fingerprint density at radius 1 is 1.07 bits per heavy atom. The number of carbonyl (C=O) groups is 3. The average Bonchev–Trinajstić information content (AvgIpc) is 2.89. The van der Waals surface area contributed by atoms with Crippen LogP contribution in [0.2, 0.25) is 0 Å². The summed E-state index contributed by atoms with van der Waals surface area (Å²) < 4.78 is 26.1. The van der Waals surface area contributed by atoms with E-state index in [1.54, 1.807) is 38.1 Å². The molecule has 0 fully saturated rings. The van der Waals surface area contributed by atoms with Gasteiger partial charge in [-0.1, -0.05) is 24.3 Å². The zero-order valence-corrected chi connectivity index (χ0v) is 16.8. The minimum Gasteiger partial charge on any atom is -0.355 e. The number of rotatable bonds is 6. The van der Waals surface area contributed by atoms with Crippen LogP contribution in [0.5, 0.6) is 0 Å². The number of benzene rings is 2. The smallest absolute Gasteiger partial charge is 0.269 e. The minimum absolute atomic E-state index is 0.000316. The Balaban J connectivity index is 1.71. The molecule has 3 amide bonds. The van der Waals surface area contributed by atoms with Crippen molar-refractivity contribution < 1.29 is 22.8 Å². The van der Waals surface area contributed by atoms with Crippen molar-refractivity contribution >= 4 is 27.7 Å². The Morgan fingerprint density at radius 2 is 1.72 bits per heavy atom. The molecule has 9 heteroatoms. The molecule has 152 valence electrons. The van der Waals surface area contributed by atoms with E-state index >= 15 is 0 Å². The zero-order chi connectivity index (χ0) is 21.2. The van der Waals surface area contributed by atoms with Gasteiger partial charge in [0.15, 0.2) is 0 Å². The molecular weight excluding hydrogens is 394 g/mol. The largest absolute Gasteiger partial charge is 0.355 e. The van der Waals surface area contributed by atoms with E-state index in [4.69, 9.17) is 0 Å². The maximum atomic E-state index is 12.6. The summed E-state index contributed by atoms with van der Waals surface area (Å²) >= 11 is 0. The zero-order valence-electron chi connectivity index (χ0n) is 16.0. The van der Waals surface area contributed by atoms with Crippen LogP contribution in [-0.2, 0) is 21.4 Å². The van der Waals surface area contributed by atoms with Crippen molar-refractivity contribution in [2.75, 3.05) is 6.54 Å². The molecule has 8 nitrogen and oxygen atoms in total. The van der Waals surface area contributed by atoms with Gasteiger partial charge in [0, 0.05) is 12.1 Å². The number of amides is 3. The molecule has 0 spiro atoms. The first-order chi connectivity index (χ1) is 13.8. The number of carbonyl (C=O) groups excluding carboxylic acids is 3. The number of likely N-dealkylation sites (N-methyl/N-ethyl adjacent to an activating group) is 1. The van der Waals surface area contributed by atoms with Crippen molar-refractivity contribution in [3.05, 3.63) is 65.2 Å². The summed E-state index contributed by atoms with van der Waals surface area (Å²) in [5, 5.41) is 5.22. The monoisotopic (exact) mass is 415 g/mol. The van der Waals surface area contributed by atoms with Crippen LogP contribution in [0.15, 0.2) is 53.4 Å². The summed E-state index contributed by atoms with van der Waals surface area (Å²) in [6, 6.07) is 11.6. The second-order valence-electron chi connectivity index (χ2n) is 6.60. The summed E-state index contributed by atoms with van der Waals surface area (Å²) in [5.41, 5.74) is 1.04. The Kier molecular flexibility index (Phi) is 5.69. The van der Waals surface area contributed by atoms with Gasteiger partial charge >= 0.3 is 0 Å². The van der Waals surface area contributed by atoms with Gasteiger partial charge in [-0.2, -0.15) is 0 Å². The van der Waals surface area contributed by atoms with Gasteiger partial charge in [0.05, 0.1) is 12.1 Å². The molecular formula is C20H21N3O5S. The molecule has 0 bridgehead atoms. The van der Waals surface area contributed by atoms with Gasteiger partial charge in [-0.15, -0.1) is 0 Å². The molecule has 29 heavy (non-hydrogen) atoms. The highest BCUT2D eigenvalue weighted by Gasteiger charge is 2.40. The number of nitrogens with zero attached hydrogens (tertiary/aromatic N) is 1. The predicted molar refractivity (Wildman–Crippen MR) is 106 cm³/mol. The topological polar surface area (TPSA) is 113 Å². The Morgan fingerprint density at radius 3 is 2.34 bits per heavy atom. The molecule has 1 aliphatic heterocycles. The molecule has 0 saturated heterocycles. The highest BCUT2D eigenvalue weighted by Crippen LogP contribution is 2.31. The maximum Gasteiger partial charge on any atom is 0.269 e. The molecule has 2 N–H and O–H groups in total. The minimum atomic E-state index is -3.89. The molecule has 1 atom stereocenters. The van der Waals surface area contributed by atoms with Crippen LogP contribution in [0.25, 0.3) is 0 Å². The third-order valence-corrected chi connectivity index (χ3v) is 6.33. The SMILES string of the molecule is CCNC(=O)[C@@H](C)NC(=O)c1ccc(CN2C(=O)c3ccccc3S2(=O)=O)cc1. The van der Waals surface area contributed by atoms with E-state index in [1.165, 1.54) is 24.3 Å². The normalized spacial score (nSPS) is 15.5. The fourth-order valence-electron chi connectivity index (χ4n) is 2.99. The second-order valence-corrected chi connectivity index (χ2v) is 8.43. The van der Waals surface area contributed by atoms with Crippen LogP contribution in [0.3, 0.4) is 0 Å². The molecule has 1 heterocycles. The van der Waals surface area contributed by atoms with E-state index in [2.05, 4.69) is 10.6 Å². The van der Waals surface area contributed by atoms with Crippen molar-refractivity contribution in [1.29, 1.82) is 0 Å². The van der Waals surface area contributed by atoms with Gasteiger partial charge in [0.2, 0.25) is 5.91 Å². The van der Waals surface area contributed by atoms with Crippen molar-refractivity contribution in [2.45, 2.75) is 31.3 Å². The summed E-state index contributed by atoms with van der Waals surface area (Å²) in [6.45, 7) is 3.70. The second kappa shape index (κ2) is 8.04. The Bertz CT molecular complexity index is 1060. The first-order valence-electron chi connectivity index (χ1n) is 9.09. The summed E-state index contributed by atoms with van der Waals surface area (Å²) in [4.78, 5) is 36.5. The van der Waals surface area contributed by atoms with Crippen molar-refractivity contribution in [2.24, 2.45) is 0 Å². The molecule has 2 aromatic rings. The van der Waals surface area contributed by atoms with Gasteiger partial charge in [0.25, 0.3) is 21.8 Å². The third-order valence-electron chi connectivity index (χ3n) is 4.55. The fraction of sp³-hybridized carbons (Fsp3) is 0.250. The van der Waals surface area contributed by atoms with Gasteiger partial charge in [-0.05, 0) is 43.7 Å². The first-order valence-corrected chi connectivity index (χ1v) is 10.5. The van der Waals surface area contributed by atoms with E-state index in [-0.39, 0.29) is 22.9 Å². The molecule has 0 radical (unpaired) electrons. The van der Waals surface area contributed by atoms with Crippen molar-refractivity contribution in [3.8, 4) is 0 Å². The van der Waals surface area contributed by atoms with Crippen molar-refractivity contribution in [1.82, 2.24) is 14.9 Å². The van der Waals surface area contributed by atoms with Crippen LogP contribution in [-0.4, -0.2) is 43.0 Å². The third kappa shape index (κ3) is 4.00. The lowest BCUT2D eigenvalue weighted by Gasteiger charge is -2.16. The number of hydrogen-bond acceptors (Lipinski definition) is 5. The van der Waals surface area contributed by atoms with E-state index in [9.17, 15) is 22.8 Å². The molecule has 0 aromatic heterocycles. The number of sulfonamides is 1. The molecule has 0 aliphatic carbocycles. The average molecular weight is 415 g/mol. The van der Waals surface area contributed by atoms with Gasteiger partial charge < -0.3 is 10.6 Å². The van der Waals surface area contributed by atoms with Gasteiger partial charge in [-0.3, -0.25) is 14.4 Å². The highest BCUT2D eigenvalue weighted by atomic mass is 32.2. The molecule has 2 aromatic carbocycles. The van der Waals surface area contributed by atoms with Gasteiger partial charge in [-0.25, -0.2) is 12.7 Å². The lowest BCUT2D eigenvalue weighted by molar-refractivity contribution is -0.122. The van der Waals surface area contributed by atoms with Crippen LogP contribution < -0.4 is 10.6 Å². The van der Waals surface area contributed by atoms with Crippen LogP contribution in [0, 0.1) is 0 Å². The molecule has 1 aliphatic rings. The van der Waals surface area contributed by atoms with E-state index in [0.29, 0.717) is 17.7 Å².